The topological polar surface area (TPSA) is 66.8 Å². The molecule has 2 fully saturated rings. The highest BCUT2D eigenvalue weighted by Crippen LogP contribution is 2.35. The van der Waals surface area contributed by atoms with Gasteiger partial charge in [-0.25, -0.2) is 4.79 Å². The summed E-state index contributed by atoms with van der Waals surface area (Å²) in [6.07, 6.45) is 7.49. The Morgan fingerprint density at radius 2 is 2.00 bits per heavy atom. The zero-order valence-corrected chi connectivity index (χ0v) is 17.5. The first kappa shape index (κ1) is 21.2. The van der Waals surface area contributed by atoms with Gasteiger partial charge in [0.25, 0.3) is 0 Å². The summed E-state index contributed by atoms with van der Waals surface area (Å²) in [5.74, 6) is 0.474. The molecule has 3 rings (SSSR count). The molecule has 1 N–H and O–H groups in total. The Morgan fingerprint density at radius 3 is 2.68 bits per heavy atom. The van der Waals surface area contributed by atoms with E-state index in [2.05, 4.69) is 0 Å². The second kappa shape index (κ2) is 9.79. The van der Waals surface area contributed by atoms with Gasteiger partial charge >= 0.3 is 5.97 Å². The van der Waals surface area contributed by atoms with Gasteiger partial charge in [0.05, 0.1) is 28.9 Å². The number of aryl methyl sites for hydroxylation is 1. The third kappa shape index (κ3) is 5.51. The van der Waals surface area contributed by atoms with E-state index in [-0.39, 0.29) is 17.3 Å². The van der Waals surface area contributed by atoms with Crippen molar-refractivity contribution in [3.05, 3.63) is 35.4 Å². The minimum Gasteiger partial charge on any atom is -0.462 e. The number of amides is 1. The molecule has 0 radical (unpaired) electrons. The first-order valence-electron chi connectivity index (χ1n) is 10.4. The molecule has 5 nitrogen and oxygen atoms in total. The maximum Gasteiger partial charge on any atom is 0.338 e. The van der Waals surface area contributed by atoms with Gasteiger partial charge in [0.1, 0.15) is 0 Å². The van der Waals surface area contributed by atoms with Crippen molar-refractivity contribution in [1.29, 1.82) is 0 Å². The maximum atomic E-state index is 12.3. The summed E-state index contributed by atoms with van der Waals surface area (Å²) in [7, 11) is 0. The number of rotatable bonds is 9. The lowest BCUT2D eigenvalue weighted by Gasteiger charge is -2.29. The lowest BCUT2D eigenvalue weighted by atomic mass is 9.97. The zero-order valence-electron chi connectivity index (χ0n) is 16.7. The van der Waals surface area contributed by atoms with Crippen LogP contribution in [0.3, 0.4) is 0 Å². The number of nitrogens with zero attached hydrogens (tertiary/aromatic N) is 1. The van der Waals surface area contributed by atoms with Crippen LogP contribution in [0.2, 0.25) is 0 Å². The Labute approximate surface area is 171 Å². The van der Waals surface area contributed by atoms with Crippen LogP contribution in [0.1, 0.15) is 67.8 Å². The maximum absolute atomic E-state index is 12.3. The monoisotopic (exact) mass is 405 g/mol. The highest BCUT2D eigenvalue weighted by atomic mass is 32.2. The highest BCUT2D eigenvalue weighted by Gasteiger charge is 2.35. The lowest BCUT2D eigenvalue weighted by Crippen LogP contribution is -2.38. The van der Waals surface area contributed by atoms with E-state index >= 15 is 0 Å². The predicted molar refractivity (Wildman–Crippen MR) is 111 cm³/mol. The Balaban J connectivity index is 1.45. The molecule has 1 saturated heterocycles. The summed E-state index contributed by atoms with van der Waals surface area (Å²) in [4.78, 5) is 25.9. The average molecular weight is 406 g/mol. The Morgan fingerprint density at radius 1 is 1.29 bits per heavy atom. The SMILES string of the molecule is CCOC(=O)c1ccc(CCCC2SCC(=O)N2CCC2(O)CCCC2)cc1. The normalized spacial score (nSPS) is 21.3. The standard InChI is InChI=1S/C22H31NO4S/c1-2-27-21(25)18-10-8-17(9-11-18)6-5-7-20-23(19(24)16-28-20)15-14-22(26)12-3-4-13-22/h8-11,20,26H,2-7,12-16H2,1H3. The minimum absolute atomic E-state index is 0.204. The van der Waals surface area contributed by atoms with E-state index in [4.69, 9.17) is 4.74 Å². The number of carbonyl (C=O) groups excluding carboxylic acids is 2. The molecule has 0 aromatic heterocycles. The van der Waals surface area contributed by atoms with Crippen molar-refractivity contribution in [2.75, 3.05) is 18.9 Å². The number of esters is 1. The van der Waals surface area contributed by atoms with Gasteiger partial charge in [0.2, 0.25) is 5.91 Å². The number of hydrogen-bond donors (Lipinski definition) is 1. The van der Waals surface area contributed by atoms with Crippen molar-refractivity contribution in [2.45, 2.75) is 69.3 Å². The molecule has 0 spiro atoms. The average Bonchev–Trinajstić information content (AvgIpc) is 3.27. The fourth-order valence-electron chi connectivity index (χ4n) is 4.12. The minimum atomic E-state index is -0.557. The van der Waals surface area contributed by atoms with Gasteiger partial charge in [-0.1, -0.05) is 25.0 Å². The van der Waals surface area contributed by atoms with Gasteiger partial charge in [0.15, 0.2) is 0 Å². The smallest absolute Gasteiger partial charge is 0.338 e. The first-order chi connectivity index (χ1) is 13.5. The van der Waals surface area contributed by atoms with Crippen LogP contribution in [0.5, 0.6) is 0 Å². The molecule has 154 valence electrons. The zero-order chi connectivity index (χ0) is 20.0. The number of aliphatic hydroxyl groups is 1. The Kier molecular flexibility index (Phi) is 7.41. The number of ether oxygens (including phenoxy) is 1. The van der Waals surface area contributed by atoms with E-state index in [0.717, 1.165) is 44.9 Å². The lowest BCUT2D eigenvalue weighted by molar-refractivity contribution is -0.128. The molecule has 1 unspecified atom stereocenters. The van der Waals surface area contributed by atoms with Gasteiger partial charge < -0.3 is 14.7 Å². The van der Waals surface area contributed by atoms with E-state index < -0.39 is 5.60 Å². The summed E-state index contributed by atoms with van der Waals surface area (Å²) in [5, 5.41) is 10.8. The fourth-order valence-corrected chi connectivity index (χ4v) is 5.36. The molecule has 1 amide bonds. The molecule has 1 saturated carbocycles. The molecule has 6 heteroatoms. The van der Waals surface area contributed by atoms with Crippen LogP contribution in [0, 0.1) is 0 Å². The van der Waals surface area contributed by atoms with Crippen LogP contribution in [-0.4, -0.2) is 51.8 Å². The summed E-state index contributed by atoms with van der Waals surface area (Å²) in [6, 6.07) is 7.59. The van der Waals surface area contributed by atoms with Crippen LogP contribution < -0.4 is 0 Å². The number of hydrogen-bond acceptors (Lipinski definition) is 5. The molecule has 0 bridgehead atoms. The van der Waals surface area contributed by atoms with Crippen molar-refractivity contribution in [1.82, 2.24) is 4.90 Å². The third-order valence-corrected chi connectivity index (χ3v) is 7.09. The largest absolute Gasteiger partial charge is 0.462 e. The summed E-state index contributed by atoms with van der Waals surface area (Å²) >= 11 is 1.72. The van der Waals surface area contributed by atoms with Crippen LogP contribution >= 0.6 is 11.8 Å². The first-order valence-corrected chi connectivity index (χ1v) is 11.5. The van der Waals surface area contributed by atoms with E-state index in [1.807, 2.05) is 29.2 Å². The van der Waals surface area contributed by atoms with E-state index in [1.165, 1.54) is 5.56 Å². The predicted octanol–water partition coefficient (Wildman–Crippen LogP) is 3.78. The quantitative estimate of drug-likeness (QED) is 0.633. The van der Waals surface area contributed by atoms with E-state index in [9.17, 15) is 14.7 Å². The second-order valence-corrected chi connectivity index (χ2v) is 9.01. The number of thioether (sulfide) groups is 1. The van der Waals surface area contributed by atoms with Gasteiger partial charge in [-0.3, -0.25) is 4.79 Å². The van der Waals surface area contributed by atoms with Crippen LogP contribution in [-0.2, 0) is 16.0 Å². The number of benzene rings is 1. The van der Waals surface area contributed by atoms with E-state index in [0.29, 0.717) is 30.9 Å². The van der Waals surface area contributed by atoms with Crippen molar-refractivity contribution >= 4 is 23.6 Å². The molecular weight excluding hydrogens is 374 g/mol. The van der Waals surface area contributed by atoms with Gasteiger partial charge in [0, 0.05) is 6.54 Å². The molecule has 1 aromatic rings. The Bertz CT molecular complexity index is 670. The number of carbonyl (C=O) groups is 2. The van der Waals surface area contributed by atoms with Crippen molar-refractivity contribution < 1.29 is 19.4 Å². The van der Waals surface area contributed by atoms with Crippen molar-refractivity contribution in [2.24, 2.45) is 0 Å². The van der Waals surface area contributed by atoms with Crippen LogP contribution in [0.15, 0.2) is 24.3 Å². The molecular formula is C22H31NO4S. The van der Waals surface area contributed by atoms with Crippen molar-refractivity contribution in [3.63, 3.8) is 0 Å². The molecule has 1 heterocycles. The van der Waals surface area contributed by atoms with Gasteiger partial charge in [-0.15, -0.1) is 11.8 Å². The molecule has 1 atom stereocenters. The summed E-state index contributed by atoms with van der Waals surface area (Å²) in [5.41, 5.74) is 1.21. The molecule has 2 aliphatic rings. The van der Waals surface area contributed by atoms with E-state index in [1.54, 1.807) is 18.7 Å². The van der Waals surface area contributed by atoms with Gasteiger partial charge in [-0.2, -0.15) is 0 Å². The molecule has 1 aliphatic carbocycles. The Hall–Kier alpha value is -1.53. The highest BCUT2D eigenvalue weighted by molar-refractivity contribution is 8.00. The molecule has 28 heavy (non-hydrogen) atoms. The van der Waals surface area contributed by atoms with Gasteiger partial charge in [-0.05, 0) is 63.1 Å². The van der Waals surface area contributed by atoms with Crippen LogP contribution in [0.25, 0.3) is 0 Å². The van der Waals surface area contributed by atoms with Crippen molar-refractivity contribution in [3.8, 4) is 0 Å². The second-order valence-electron chi connectivity index (χ2n) is 7.84. The van der Waals surface area contributed by atoms with Crippen LogP contribution in [0.4, 0.5) is 0 Å². The summed E-state index contributed by atoms with van der Waals surface area (Å²) < 4.78 is 5.01. The fraction of sp³-hybridized carbons (Fsp3) is 0.636. The molecule has 1 aromatic carbocycles. The third-order valence-electron chi connectivity index (χ3n) is 5.80. The molecule has 1 aliphatic heterocycles. The summed E-state index contributed by atoms with van der Waals surface area (Å²) in [6.45, 7) is 2.85.